The van der Waals surface area contributed by atoms with Gasteiger partial charge in [0.15, 0.2) is 6.10 Å². The molecule has 0 aliphatic carbocycles. The van der Waals surface area contributed by atoms with Crippen molar-refractivity contribution >= 4 is 17.9 Å². The smallest absolute Gasteiger partial charge is 0.306 e. The molecule has 0 aromatic heterocycles. The first-order valence-corrected chi connectivity index (χ1v) is 30.4. The molecule has 1 atom stereocenters. The van der Waals surface area contributed by atoms with Gasteiger partial charge in [-0.3, -0.25) is 14.4 Å². The van der Waals surface area contributed by atoms with E-state index in [9.17, 15) is 14.4 Å². The van der Waals surface area contributed by atoms with Crippen LogP contribution in [0.1, 0.15) is 278 Å². The molecule has 0 spiro atoms. The maximum Gasteiger partial charge on any atom is 0.306 e. The lowest BCUT2D eigenvalue weighted by Crippen LogP contribution is -2.30. The summed E-state index contributed by atoms with van der Waals surface area (Å²) in [5.41, 5.74) is 0. The van der Waals surface area contributed by atoms with Crippen LogP contribution >= 0.6 is 0 Å². The molecular formula is C67H112O6. The van der Waals surface area contributed by atoms with Gasteiger partial charge in [-0.25, -0.2) is 0 Å². The Balaban J connectivity index is 4.48. The van der Waals surface area contributed by atoms with Gasteiger partial charge in [0.2, 0.25) is 0 Å². The summed E-state index contributed by atoms with van der Waals surface area (Å²) in [7, 11) is 0. The lowest BCUT2D eigenvalue weighted by Gasteiger charge is -2.18. The number of hydrogen-bond donors (Lipinski definition) is 0. The van der Waals surface area contributed by atoms with Crippen molar-refractivity contribution < 1.29 is 28.6 Å². The van der Waals surface area contributed by atoms with Gasteiger partial charge in [-0.2, -0.15) is 0 Å². The van der Waals surface area contributed by atoms with Crippen molar-refractivity contribution in [2.24, 2.45) is 0 Å². The van der Waals surface area contributed by atoms with E-state index in [4.69, 9.17) is 14.2 Å². The highest BCUT2D eigenvalue weighted by molar-refractivity contribution is 5.71. The van der Waals surface area contributed by atoms with Gasteiger partial charge >= 0.3 is 17.9 Å². The number of ether oxygens (including phenoxy) is 3. The summed E-state index contributed by atoms with van der Waals surface area (Å²) in [5.74, 6) is -0.987. The first kappa shape index (κ1) is 69.1. The van der Waals surface area contributed by atoms with Gasteiger partial charge in [0.25, 0.3) is 0 Å². The van der Waals surface area contributed by atoms with E-state index in [2.05, 4.69) is 130 Å². The molecule has 0 aromatic rings. The van der Waals surface area contributed by atoms with E-state index in [-0.39, 0.29) is 37.5 Å². The minimum atomic E-state index is -0.820. The van der Waals surface area contributed by atoms with Gasteiger partial charge in [0, 0.05) is 19.3 Å². The third kappa shape index (κ3) is 58.8. The molecule has 73 heavy (non-hydrogen) atoms. The van der Waals surface area contributed by atoms with Crippen LogP contribution in [0.2, 0.25) is 0 Å². The van der Waals surface area contributed by atoms with Crippen molar-refractivity contribution in [2.45, 2.75) is 284 Å². The summed E-state index contributed by atoms with van der Waals surface area (Å²) in [6.07, 6.45) is 82.3. The zero-order valence-corrected chi connectivity index (χ0v) is 47.6. The first-order valence-electron chi connectivity index (χ1n) is 30.4. The van der Waals surface area contributed by atoms with E-state index in [0.717, 1.165) is 103 Å². The van der Waals surface area contributed by atoms with Gasteiger partial charge in [-0.1, -0.05) is 246 Å². The summed E-state index contributed by atoms with van der Waals surface area (Å²) < 4.78 is 16.8. The molecule has 416 valence electrons. The minimum Gasteiger partial charge on any atom is -0.462 e. The highest BCUT2D eigenvalue weighted by Crippen LogP contribution is 2.15. The molecule has 0 heterocycles. The molecule has 0 radical (unpaired) electrons. The number of carbonyl (C=O) groups is 3. The third-order valence-electron chi connectivity index (χ3n) is 12.7. The largest absolute Gasteiger partial charge is 0.462 e. The molecule has 0 aromatic carbocycles. The predicted molar refractivity (Wildman–Crippen MR) is 316 cm³/mol. The van der Waals surface area contributed by atoms with E-state index in [1.165, 1.54) is 128 Å². The van der Waals surface area contributed by atoms with Crippen molar-refractivity contribution in [3.05, 3.63) is 109 Å². The maximum atomic E-state index is 12.9. The average Bonchev–Trinajstić information content (AvgIpc) is 3.39. The van der Waals surface area contributed by atoms with E-state index < -0.39 is 6.10 Å². The second kappa shape index (κ2) is 60.6. The molecule has 0 saturated heterocycles. The van der Waals surface area contributed by atoms with Gasteiger partial charge in [0.05, 0.1) is 0 Å². The van der Waals surface area contributed by atoms with E-state index in [1.54, 1.807) is 0 Å². The molecule has 0 bridgehead atoms. The van der Waals surface area contributed by atoms with Crippen LogP contribution in [0.25, 0.3) is 0 Å². The zero-order chi connectivity index (χ0) is 52.9. The summed E-state index contributed by atoms with van der Waals surface area (Å²) in [6, 6.07) is 0. The normalized spacial score (nSPS) is 12.9. The topological polar surface area (TPSA) is 78.9 Å². The molecule has 6 heteroatoms. The Labute approximate surface area is 450 Å². The molecule has 0 amide bonds. The fraction of sp³-hybridized carbons (Fsp3) is 0.687. The molecule has 0 fully saturated rings. The Morgan fingerprint density at radius 1 is 0.288 bits per heavy atom. The fourth-order valence-corrected chi connectivity index (χ4v) is 8.19. The molecule has 0 N–H and O–H groups in total. The molecule has 0 rings (SSSR count). The summed E-state index contributed by atoms with van der Waals surface area (Å²) >= 11 is 0. The molecule has 0 unspecified atom stereocenters. The molecule has 0 saturated carbocycles. The fourth-order valence-electron chi connectivity index (χ4n) is 8.19. The van der Waals surface area contributed by atoms with Crippen LogP contribution in [-0.4, -0.2) is 37.2 Å². The summed E-state index contributed by atoms with van der Waals surface area (Å²) in [5, 5.41) is 0. The van der Waals surface area contributed by atoms with Crippen LogP contribution in [0.4, 0.5) is 0 Å². The number of carbonyl (C=O) groups excluding carboxylic acids is 3. The van der Waals surface area contributed by atoms with E-state index in [0.29, 0.717) is 19.3 Å². The Bertz CT molecular complexity index is 1490. The average molecular weight is 1010 g/mol. The SMILES string of the molecule is CC/C=C\C/C=C\C/C=C\C/C=C\CCCCCCC(=O)OC[C@H](COC(=O)CCCCCCCCCCCCC/C=C\CCCCCCCC)OC(=O)CCC/C=C\C/C=C\C/C=C\C/C=C\CCCCC. The van der Waals surface area contributed by atoms with Gasteiger partial charge in [-0.05, 0) is 122 Å². The first-order chi connectivity index (χ1) is 36.0. The van der Waals surface area contributed by atoms with Crippen LogP contribution < -0.4 is 0 Å². The minimum absolute atomic E-state index is 0.109. The Morgan fingerprint density at radius 2 is 0.548 bits per heavy atom. The molecular weight excluding hydrogens is 901 g/mol. The second-order valence-electron chi connectivity index (χ2n) is 19.9. The third-order valence-corrected chi connectivity index (χ3v) is 12.7. The quantitative estimate of drug-likeness (QED) is 0.0261. The van der Waals surface area contributed by atoms with Crippen molar-refractivity contribution in [2.75, 3.05) is 13.2 Å². The van der Waals surface area contributed by atoms with E-state index >= 15 is 0 Å². The van der Waals surface area contributed by atoms with Gasteiger partial charge < -0.3 is 14.2 Å². The van der Waals surface area contributed by atoms with Crippen molar-refractivity contribution in [1.29, 1.82) is 0 Å². The number of rotatable bonds is 54. The lowest BCUT2D eigenvalue weighted by atomic mass is 10.0. The van der Waals surface area contributed by atoms with Crippen molar-refractivity contribution in [3.8, 4) is 0 Å². The van der Waals surface area contributed by atoms with Crippen LogP contribution in [-0.2, 0) is 28.6 Å². The predicted octanol–water partition coefficient (Wildman–Crippen LogP) is 20.7. The number of allylic oxidation sites excluding steroid dienone is 18. The summed E-state index contributed by atoms with van der Waals surface area (Å²) in [4.78, 5) is 38.2. The van der Waals surface area contributed by atoms with Crippen molar-refractivity contribution in [3.63, 3.8) is 0 Å². The second-order valence-corrected chi connectivity index (χ2v) is 19.9. The Morgan fingerprint density at radius 3 is 0.918 bits per heavy atom. The monoisotopic (exact) mass is 1010 g/mol. The number of unbranched alkanes of at least 4 members (excludes halogenated alkanes) is 25. The highest BCUT2D eigenvalue weighted by atomic mass is 16.6. The van der Waals surface area contributed by atoms with Crippen LogP contribution in [0.3, 0.4) is 0 Å². The van der Waals surface area contributed by atoms with Crippen LogP contribution in [0, 0.1) is 0 Å². The zero-order valence-electron chi connectivity index (χ0n) is 47.6. The maximum absolute atomic E-state index is 12.9. The Hall–Kier alpha value is -3.93. The van der Waals surface area contributed by atoms with E-state index in [1.807, 2.05) is 0 Å². The highest BCUT2D eigenvalue weighted by Gasteiger charge is 2.19. The molecule has 0 aliphatic rings. The Kier molecular flexibility index (Phi) is 57.4. The van der Waals surface area contributed by atoms with Gasteiger partial charge in [-0.15, -0.1) is 0 Å². The van der Waals surface area contributed by atoms with Gasteiger partial charge in [0.1, 0.15) is 13.2 Å². The number of esters is 3. The summed E-state index contributed by atoms with van der Waals surface area (Å²) in [6.45, 7) is 6.44. The van der Waals surface area contributed by atoms with Crippen LogP contribution in [0.15, 0.2) is 109 Å². The van der Waals surface area contributed by atoms with Crippen molar-refractivity contribution in [1.82, 2.24) is 0 Å². The van der Waals surface area contributed by atoms with Crippen LogP contribution in [0.5, 0.6) is 0 Å². The lowest BCUT2D eigenvalue weighted by molar-refractivity contribution is -0.167. The standard InChI is InChI=1S/C67H112O6/c1-4-7-10-13-16-19-22-25-28-31-32-33-34-37-39-42-45-48-51-54-57-60-66(69)72-63-64(73-67(70)61-58-55-52-49-46-43-40-36-30-27-24-21-18-15-12-9-6-3)62-71-65(68)59-56-53-50-47-44-41-38-35-29-26-23-20-17-14-11-8-5-2/h8,11,17-18,20-21,25-30,38,40-41,43,49,52,64H,4-7,9-10,12-16,19,22-24,31-37,39,42,44-48,50-51,53-63H2,1-3H3/b11-8-,20-17-,21-18-,28-25-,29-26-,30-27-,41-38-,43-40-,52-49-/t64-/m1/s1. The molecule has 0 aliphatic heterocycles. The molecule has 6 nitrogen and oxygen atoms in total. The number of hydrogen-bond acceptors (Lipinski definition) is 6.